The molecule has 0 aliphatic rings. The van der Waals surface area contributed by atoms with E-state index in [-0.39, 0.29) is 11.8 Å². The highest BCUT2D eigenvalue weighted by Crippen LogP contribution is 2.22. The normalized spacial score (nSPS) is 10.4. The highest BCUT2D eigenvalue weighted by atomic mass is 16.2. The quantitative estimate of drug-likeness (QED) is 0.390. The molecule has 27 heavy (non-hydrogen) atoms. The zero-order chi connectivity index (χ0) is 19.4. The molecule has 4 N–H and O–H groups in total. The first-order valence-corrected chi connectivity index (χ1v) is 8.05. The van der Waals surface area contributed by atoms with E-state index in [1.807, 2.05) is 0 Å². The van der Waals surface area contributed by atoms with Crippen LogP contribution in [0.15, 0.2) is 30.6 Å². The van der Waals surface area contributed by atoms with Gasteiger partial charge in [-0.3, -0.25) is 9.59 Å². The molecule has 9 heteroatoms. The number of rotatable bonds is 5. The van der Waals surface area contributed by atoms with Gasteiger partial charge < -0.3 is 20.9 Å². The summed E-state index contributed by atoms with van der Waals surface area (Å²) in [6, 6.07) is 6.82. The Morgan fingerprint density at radius 3 is 2.37 bits per heavy atom. The third-order valence-electron chi connectivity index (χ3n) is 3.94. The van der Waals surface area contributed by atoms with Gasteiger partial charge in [-0.25, -0.2) is 9.97 Å². The molecule has 0 radical (unpaired) electrons. The summed E-state index contributed by atoms with van der Waals surface area (Å²) < 4.78 is 0. The number of likely N-dealkylation sites (N-methyl/N-ethyl adjacent to an activating group) is 2. The predicted octanol–water partition coefficient (Wildman–Crippen LogP) is 0.653. The molecule has 0 saturated carbocycles. The number of nitrogens with zero attached hydrogens (tertiary/aromatic N) is 3. The van der Waals surface area contributed by atoms with Crippen LogP contribution in [0, 0.1) is 12.3 Å². The van der Waals surface area contributed by atoms with Crippen LogP contribution in [-0.4, -0.2) is 45.8 Å². The van der Waals surface area contributed by atoms with Gasteiger partial charge >= 0.3 is 0 Å². The van der Waals surface area contributed by atoms with Crippen LogP contribution in [0.1, 0.15) is 17.2 Å². The molecule has 3 aromatic rings. The summed E-state index contributed by atoms with van der Waals surface area (Å²) in [5.74, 6) is 1.08. The number of amides is 2. The van der Waals surface area contributed by atoms with Gasteiger partial charge in [0.05, 0.1) is 6.33 Å². The number of imidazole rings is 1. The van der Waals surface area contributed by atoms with Crippen molar-refractivity contribution in [2.75, 3.05) is 19.4 Å². The number of fused-ring (bicyclic) bond motifs is 1. The lowest BCUT2D eigenvalue weighted by Crippen LogP contribution is -2.36. The van der Waals surface area contributed by atoms with Crippen molar-refractivity contribution in [3.63, 3.8) is 0 Å². The summed E-state index contributed by atoms with van der Waals surface area (Å²) in [5.41, 5.74) is 2.68. The van der Waals surface area contributed by atoms with Gasteiger partial charge in [0, 0.05) is 19.8 Å². The molecule has 0 unspecified atom stereocenters. The van der Waals surface area contributed by atoms with Crippen LogP contribution < -0.4 is 16.0 Å². The average molecular weight is 363 g/mol. The van der Waals surface area contributed by atoms with E-state index in [1.54, 1.807) is 24.3 Å². The summed E-state index contributed by atoms with van der Waals surface area (Å²) in [4.78, 5) is 39.6. The number of terminal acetylenes is 1. The number of benzene rings is 1. The molecule has 0 aliphatic carbocycles. The molecule has 0 atom stereocenters. The molecule has 2 heterocycles. The Morgan fingerprint density at radius 2 is 1.78 bits per heavy atom. The van der Waals surface area contributed by atoms with E-state index >= 15 is 0 Å². The van der Waals surface area contributed by atoms with E-state index < -0.39 is 5.92 Å². The van der Waals surface area contributed by atoms with Crippen molar-refractivity contribution in [3.8, 4) is 12.3 Å². The van der Waals surface area contributed by atoms with Gasteiger partial charge in [-0.05, 0) is 23.6 Å². The number of hydrogen-bond donors (Lipinski definition) is 4. The maximum absolute atomic E-state index is 12.0. The van der Waals surface area contributed by atoms with Crippen molar-refractivity contribution >= 4 is 34.6 Å². The Bertz CT molecular complexity index is 1020. The molecule has 0 bridgehead atoms. The topological polar surface area (TPSA) is 125 Å². The highest BCUT2D eigenvalue weighted by Gasteiger charge is 2.26. The van der Waals surface area contributed by atoms with E-state index in [9.17, 15) is 9.59 Å². The molecule has 0 saturated heterocycles. The lowest BCUT2D eigenvalue weighted by Gasteiger charge is -2.15. The number of carbonyl (C=O) groups is 2. The van der Waals surface area contributed by atoms with E-state index in [2.05, 4.69) is 41.8 Å². The molecule has 136 valence electrons. The SMILES string of the molecule is C#Cc1nc(Nc2ccc(C(C(=O)NC)C(=O)NC)cc2)nc2nc[nH]c12. The molecule has 1 aromatic carbocycles. The number of anilines is 2. The maximum Gasteiger partial charge on any atom is 0.236 e. The standard InChI is InChI=1S/C18H17N7O2/c1-4-12-14-15(22-9-21-14)25-18(24-12)23-11-7-5-10(6-8-11)13(16(26)19-2)17(27)20-3/h1,5-9,13H,2-3H3,(H,19,26)(H,20,27)(H2,21,22,23,24,25). The van der Waals surface area contributed by atoms with Crippen LogP contribution in [0.5, 0.6) is 0 Å². The maximum atomic E-state index is 12.0. The van der Waals surface area contributed by atoms with Crippen LogP contribution >= 0.6 is 0 Å². The molecule has 3 rings (SSSR count). The van der Waals surface area contributed by atoms with Crippen molar-refractivity contribution in [2.45, 2.75) is 5.92 Å². The monoisotopic (exact) mass is 363 g/mol. The Hall–Kier alpha value is -3.93. The first kappa shape index (κ1) is 17.9. The van der Waals surface area contributed by atoms with E-state index in [4.69, 9.17) is 6.42 Å². The molecular weight excluding hydrogens is 346 g/mol. The Morgan fingerprint density at radius 1 is 1.11 bits per heavy atom. The third kappa shape index (κ3) is 3.55. The molecule has 0 aliphatic heterocycles. The lowest BCUT2D eigenvalue weighted by atomic mass is 9.97. The number of aromatic nitrogens is 4. The number of H-pyrrole nitrogens is 1. The molecule has 0 spiro atoms. The molecule has 2 amide bonds. The van der Waals surface area contributed by atoms with Crippen LogP contribution in [0.25, 0.3) is 11.2 Å². The molecule has 0 fully saturated rings. The van der Waals surface area contributed by atoms with Gasteiger partial charge in [0.1, 0.15) is 17.1 Å². The van der Waals surface area contributed by atoms with Crippen molar-refractivity contribution in [1.82, 2.24) is 30.6 Å². The number of hydrogen-bond acceptors (Lipinski definition) is 6. The summed E-state index contributed by atoms with van der Waals surface area (Å²) in [6.07, 6.45) is 6.98. The van der Waals surface area contributed by atoms with Crippen molar-refractivity contribution < 1.29 is 9.59 Å². The first-order chi connectivity index (χ1) is 13.1. The van der Waals surface area contributed by atoms with Gasteiger partial charge in [-0.2, -0.15) is 4.98 Å². The predicted molar refractivity (Wildman–Crippen MR) is 100 cm³/mol. The molecule has 2 aromatic heterocycles. The van der Waals surface area contributed by atoms with E-state index in [0.29, 0.717) is 34.1 Å². The minimum Gasteiger partial charge on any atom is -0.358 e. The second-order valence-electron chi connectivity index (χ2n) is 5.55. The number of aromatic amines is 1. The second kappa shape index (κ2) is 7.53. The summed E-state index contributed by atoms with van der Waals surface area (Å²) in [7, 11) is 2.97. The van der Waals surface area contributed by atoms with Gasteiger partial charge in [0.15, 0.2) is 5.65 Å². The Kier molecular flexibility index (Phi) is 4.99. The first-order valence-electron chi connectivity index (χ1n) is 8.05. The Balaban J connectivity index is 1.86. The zero-order valence-electron chi connectivity index (χ0n) is 14.7. The van der Waals surface area contributed by atoms with Gasteiger partial charge in [0.2, 0.25) is 17.8 Å². The Labute approximate surface area is 155 Å². The number of nitrogens with one attached hydrogen (secondary N) is 4. The average Bonchev–Trinajstić information content (AvgIpc) is 3.17. The van der Waals surface area contributed by atoms with E-state index in [0.717, 1.165) is 0 Å². The van der Waals surface area contributed by atoms with Crippen LogP contribution in [0.2, 0.25) is 0 Å². The van der Waals surface area contributed by atoms with Crippen molar-refractivity contribution in [2.24, 2.45) is 0 Å². The summed E-state index contributed by atoms with van der Waals surface area (Å²) in [6.45, 7) is 0. The van der Waals surface area contributed by atoms with Crippen LogP contribution in [0.3, 0.4) is 0 Å². The fraction of sp³-hybridized carbons (Fsp3) is 0.167. The van der Waals surface area contributed by atoms with Crippen LogP contribution in [0.4, 0.5) is 11.6 Å². The van der Waals surface area contributed by atoms with E-state index in [1.165, 1.54) is 20.4 Å². The molecular formula is C18H17N7O2. The number of carbonyl (C=O) groups excluding carboxylic acids is 2. The van der Waals surface area contributed by atoms with Crippen LogP contribution in [-0.2, 0) is 9.59 Å². The minimum atomic E-state index is -0.932. The lowest BCUT2D eigenvalue weighted by molar-refractivity contribution is -0.131. The summed E-state index contributed by atoms with van der Waals surface area (Å²) >= 11 is 0. The van der Waals surface area contributed by atoms with Gasteiger partial charge in [-0.15, -0.1) is 6.42 Å². The second-order valence-corrected chi connectivity index (χ2v) is 5.55. The largest absolute Gasteiger partial charge is 0.358 e. The highest BCUT2D eigenvalue weighted by molar-refractivity contribution is 6.05. The fourth-order valence-electron chi connectivity index (χ4n) is 2.59. The summed E-state index contributed by atoms with van der Waals surface area (Å²) in [5, 5.41) is 8.03. The molecule has 9 nitrogen and oxygen atoms in total. The van der Waals surface area contributed by atoms with Crippen molar-refractivity contribution in [1.29, 1.82) is 0 Å². The third-order valence-corrected chi connectivity index (χ3v) is 3.94. The fourth-order valence-corrected chi connectivity index (χ4v) is 2.59. The van der Waals surface area contributed by atoms with Gasteiger partial charge in [-0.1, -0.05) is 12.1 Å². The minimum absolute atomic E-state index is 0.296. The van der Waals surface area contributed by atoms with Crippen molar-refractivity contribution in [3.05, 3.63) is 41.9 Å². The van der Waals surface area contributed by atoms with Gasteiger partial charge in [0.25, 0.3) is 0 Å². The zero-order valence-corrected chi connectivity index (χ0v) is 14.7. The smallest absolute Gasteiger partial charge is 0.236 e.